The molecule has 0 aromatic heterocycles. The Labute approximate surface area is 286 Å². The van der Waals surface area contributed by atoms with Crippen LogP contribution in [-0.2, 0) is 14.3 Å². The fourth-order valence-electron chi connectivity index (χ4n) is 6.69. The zero-order valence-corrected chi connectivity index (χ0v) is 29.9. The number of aliphatic hydroxyl groups excluding tert-OH is 5. The van der Waals surface area contributed by atoms with E-state index < -0.39 is 49.5 Å². The number of amides is 1. The van der Waals surface area contributed by atoms with Gasteiger partial charge < -0.3 is 40.3 Å². The van der Waals surface area contributed by atoms with Gasteiger partial charge in [0.05, 0.1) is 25.4 Å². The fourth-order valence-corrected chi connectivity index (χ4v) is 6.69. The second-order valence-electron chi connectivity index (χ2n) is 14.6. The maximum Gasteiger partial charge on any atom is 0.220 e. The van der Waals surface area contributed by atoms with Crippen molar-refractivity contribution in [3.05, 3.63) is 0 Å². The summed E-state index contributed by atoms with van der Waals surface area (Å²) in [6.45, 7) is 1.57. The third kappa shape index (κ3) is 19.8. The molecule has 6 N–H and O–H groups in total. The lowest BCUT2D eigenvalue weighted by Crippen LogP contribution is -2.60. The van der Waals surface area contributed by atoms with Crippen LogP contribution >= 0.6 is 0 Å². The second-order valence-corrected chi connectivity index (χ2v) is 14.6. The van der Waals surface area contributed by atoms with E-state index in [0.29, 0.717) is 12.8 Å². The summed E-state index contributed by atoms with van der Waals surface area (Å²) in [4.78, 5) is 12.9. The molecule has 1 amide bonds. The van der Waals surface area contributed by atoms with Crippen molar-refractivity contribution in [3.63, 3.8) is 0 Å². The summed E-state index contributed by atoms with van der Waals surface area (Å²) in [7, 11) is 0. The minimum atomic E-state index is -1.54. The second kappa shape index (κ2) is 27.0. The third-order valence-corrected chi connectivity index (χ3v) is 10.2. The van der Waals surface area contributed by atoms with E-state index in [0.717, 1.165) is 44.4 Å². The molecule has 1 aliphatic heterocycles. The van der Waals surface area contributed by atoms with Crippen LogP contribution in [0.2, 0.25) is 0 Å². The number of nitrogens with one attached hydrogen (secondary N) is 1. The van der Waals surface area contributed by atoms with E-state index in [9.17, 15) is 30.3 Å². The Bertz CT molecular complexity index is 751. The number of hydrogen-bond acceptors (Lipinski definition) is 8. The summed E-state index contributed by atoms with van der Waals surface area (Å²) in [5.41, 5.74) is 0. The van der Waals surface area contributed by atoms with Crippen molar-refractivity contribution in [2.24, 2.45) is 5.92 Å². The highest BCUT2D eigenvalue weighted by Gasteiger charge is 2.44. The molecule has 0 aromatic rings. The molecule has 9 nitrogen and oxygen atoms in total. The van der Waals surface area contributed by atoms with Crippen LogP contribution in [0.4, 0.5) is 0 Å². The Morgan fingerprint density at radius 1 is 0.723 bits per heavy atom. The van der Waals surface area contributed by atoms with E-state index in [2.05, 4.69) is 12.2 Å². The van der Waals surface area contributed by atoms with Gasteiger partial charge in [0.1, 0.15) is 24.4 Å². The summed E-state index contributed by atoms with van der Waals surface area (Å²) in [5, 5.41) is 54.0. The van der Waals surface area contributed by atoms with Crippen molar-refractivity contribution >= 4 is 5.91 Å². The van der Waals surface area contributed by atoms with Crippen LogP contribution in [0.5, 0.6) is 0 Å². The number of carbonyl (C=O) groups is 1. The molecule has 2 rings (SSSR count). The molecule has 0 spiro atoms. The molecule has 0 bridgehead atoms. The van der Waals surface area contributed by atoms with Crippen LogP contribution < -0.4 is 5.32 Å². The predicted molar refractivity (Wildman–Crippen MR) is 187 cm³/mol. The number of unbranched alkanes of at least 4 members (excludes halogenated alkanes) is 19. The summed E-state index contributed by atoms with van der Waals surface area (Å²) in [5.74, 6) is 0.886. The highest BCUT2D eigenvalue weighted by Crippen LogP contribution is 2.34. The molecule has 1 saturated carbocycles. The smallest absolute Gasteiger partial charge is 0.220 e. The molecule has 0 aromatic carbocycles. The predicted octanol–water partition coefficient (Wildman–Crippen LogP) is 6.44. The van der Waals surface area contributed by atoms with Crippen molar-refractivity contribution in [1.82, 2.24) is 5.32 Å². The lowest BCUT2D eigenvalue weighted by molar-refractivity contribution is -0.302. The van der Waals surface area contributed by atoms with Gasteiger partial charge in [0.2, 0.25) is 5.91 Å². The van der Waals surface area contributed by atoms with E-state index in [1.807, 2.05) is 0 Å². The average Bonchev–Trinajstić information content (AvgIpc) is 3.90. The monoisotopic (exact) mass is 672 g/mol. The Kier molecular flexibility index (Phi) is 24.3. The van der Waals surface area contributed by atoms with Crippen molar-refractivity contribution < 1.29 is 39.8 Å². The van der Waals surface area contributed by atoms with E-state index in [1.54, 1.807) is 0 Å². The first-order valence-corrected chi connectivity index (χ1v) is 19.8. The molecule has 47 heavy (non-hydrogen) atoms. The first kappa shape index (κ1) is 42.4. The quantitative estimate of drug-likeness (QED) is 0.0462. The zero-order chi connectivity index (χ0) is 34.1. The largest absolute Gasteiger partial charge is 0.394 e. The lowest BCUT2D eigenvalue weighted by Gasteiger charge is -2.40. The molecule has 7 atom stereocenters. The normalized spacial score (nSPS) is 24.3. The summed E-state index contributed by atoms with van der Waals surface area (Å²) >= 11 is 0. The molecule has 2 aliphatic rings. The standard InChI is InChI=1S/C38H73NO8/c1-2-3-4-5-6-7-8-9-10-11-15-18-21-24-32(41)31(29-46-38-37(45)36(44)35(43)33(28-40)47-38)39-34(42)25-22-19-16-13-12-14-17-20-23-30-26-27-30/h30-33,35-38,40-41,43-45H,2-29H2,1H3,(H,39,42)/t31-,32+,33?,35?,36?,37?,38?/m0/s1. The summed E-state index contributed by atoms with van der Waals surface area (Å²) in [6.07, 6.45) is 23.0. The molecule has 1 aliphatic carbocycles. The highest BCUT2D eigenvalue weighted by atomic mass is 16.7. The molecule has 2 fully saturated rings. The molecule has 9 heteroatoms. The van der Waals surface area contributed by atoms with Crippen molar-refractivity contribution in [2.45, 2.75) is 217 Å². The van der Waals surface area contributed by atoms with Gasteiger partial charge in [-0.25, -0.2) is 0 Å². The fraction of sp³-hybridized carbons (Fsp3) is 0.974. The van der Waals surface area contributed by atoms with E-state index in [-0.39, 0.29) is 12.5 Å². The van der Waals surface area contributed by atoms with Gasteiger partial charge in [-0.1, -0.05) is 155 Å². The number of ether oxygens (including phenoxy) is 2. The Balaban J connectivity index is 1.67. The van der Waals surface area contributed by atoms with Crippen LogP contribution in [0.25, 0.3) is 0 Å². The van der Waals surface area contributed by atoms with Crippen LogP contribution in [0.3, 0.4) is 0 Å². The van der Waals surface area contributed by atoms with Crippen LogP contribution in [0.15, 0.2) is 0 Å². The topological polar surface area (TPSA) is 149 Å². The van der Waals surface area contributed by atoms with Gasteiger partial charge in [-0.2, -0.15) is 0 Å². The molecule has 5 unspecified atom stereocenters. The molecule has 1 saturated heterocycles. The minimum absolute atomic E-state index is 0.130. The van der Waals surface area contributed by atoms with Crippen LogP contribution in [-0.4, -0.2) is 87.5 Å². The van der Waals surface area contributed by atoms with E-state index >= 15 is 0 Å². The molecule has 1 heterocycles. The average molecular weight is 672 g/mol. The van der Waals surface area contributed by atoms with Gasteiger partial charge in [0.25, 0.3) is 0 Å². The number of aliphatic hydroxyl groups is 5. The van der Waals surface area contributed by atoms with Crippen molar-refractivity contribution in [1.29, 1.82) is 0 Å². The maximum atomic E-state index is 12.9. The molecule has 0 radical (unpaired) electrons. The van der Waals surface area contributed by atoms with Gasteiger partial charge >= 0.3 is 0 Å². The minimum Gasteiger partial charge on any atom is -0.394 e. The first-order chi connectivity index (χ1) is 22.9. The zero-order valence-electron chi connectivity index (χ0n) is 29.9. The van der Waals surface area contributed by atoms with Crippen molar-refractivity contribution in [2.75, 3.05) is 13.2 Å². The Morgan fingerprint density at radius 3 is 1.77 bits per heavy atom. The van der Waals surface area contributed by atoms with Crippen LogP contribution in [0, 0.1) is 5.92 Å². The highest BCUT2D eigenvalue weighted by molar-refractivity contribution is 5.76. The van der Waals surface area contributed by atoms with Gasteiger partial charge in [0, 0.05) is 6.42 Å². The van der Waals surface area contributed by atoms with Gasteiger partial charge in [0.15, 0.2) is 6.29 Å². The molecular weight excluding hydrogens is 598 g/mol. The summed E-state index contributed by atoms with van der Waals surface area (Å²) < 4.78 is 11.2. The van der Waals surface area contributed by atoms with Crippen molar-refractivity contribution in [3.8, 4) is 0 Å². The summed E-state index contributed by atoms with van der Waals surface area (Å²) in [6, 6.07) is -0.706. The van der Waals surface area contributed by atoms with Gasteiger partial charge in [-0.15, -0.1) is 0 Å². The number of carbonyl (C=O) groups excluding carboxylic acids is 1. The van der Waals surface area contributed by atoms with Crippen LogP contribution in [0.1, 0.15) is 174 Å². The third-order valence-electron chi connectivity index (χ3n) is 10.2. The van der Waals surface area contributed by atoms with Gasteiger partial charge in [-0.05, 0) is 18.8 Å². The number of hydrogen-bond donors (Lipinski definition) is 6. The van der Waals surface area contributed by atoms with E-state index in [1.165, 1.54) is 116 Å². The molecule has 278 valence electrons. The van der Waals surface area contributed by atoms with Gasteiger partial charge in [-0.3, -0.25) is 4.79 Å². The Hall–Kier alpha value is -0.810. The lowest BCUT2D eigenvalue weighted by atomic mass is 9.99. The maximum absolute atomic E-state index is 12.9. The Morgan fingerprint density at radius 2 is 1.23 bits per heavy atom. The SMILES string of the molecule is CCCCCCCCCCCCCCC[C@@H](O)[C@H](COC1OC(CO)C(O)C(O)C1O)NC(=O)CCCCCCCCCCC1CC1. The first-order valence-electron chi connectivity index (χ1n) is 19.8. The van der Waals surface area contributed by atoms with E-state index in [4.69, 9.17) is 9.47 Å². The molecular formula is C38H73NO8. The number of rotatable bonds is 31.